The fourth-order valence-corrected chi connectivity index (χ4v) is 5.28. The lowest BCUT2D eigenvalue weighted by Gasteiger charge is -2.22. The molecule has 0 radical (unpaired) electrons. The van der Waals surface area contributed by atoms with E-state index in [9.17, 15) is 13.6 Å². The van der Waals surface area contributed by atoms with Crippen molar-refractivity contribution in [2.45, 2.75) is 69.6 Å². The van der Waals surface area contributed by atoms with Crippen molar-refractivity contribution in [2.24, 2.45) is 5.92 Å². The van der Waals surface area contributed by atoms with E-state index in [1.165, 1.54) is 19.2 Å². The predicted molar refractivity (Wildman–Crippen MR) is 124 cm³/mol. The second-order valence-corrected chi connectivity index (χ2v) is 9.67. The summed E-state index contributed by atoms with van der Waals surface area (Å²) in [7, 11) is 0. The number of thioether (sulfide) groups is 1. The summed E-state index contributed by atoms with van der Waals surface area (Å²) in [5.41, 5.74) is 0.722. The number of nitrogens with zero attached hydrogens (tertiary/aromatic N) is 5. The fourth-order valence-electron chi connectivity index (χ4n) is 4.70. The number of aryl methyl sites for hydroxylation is 1. The fraction of sp³-hybridized carbons (Fsp3) is 0.565. The minimum Gasteiger partial charge on any atom is -0.354 e. The molecule has 1 N–H and O–H groups in total. The van der Waals surface area contributed by atoms with Crippen LogP contribution in [0.3, 0.4) is 0 Å². The van der Waals surface area contributed by atoms with Gasteiger partial charge in [0.1, 0.15) is 11.9 Å². The molecule has 0 spiro atoms. The number of benzene rings is 1. The summed E-state index contributed by atoms with van der Waals surface area (Å²) >= 11 is 1.62. The molecule has 0 saturated heterocycles. The van der Waals surface area contributed by atoms with Crippen LogP contribution in [0.5, 0.6) is 0 Å². The van der Waals surface area contributed by atoms with Gasteiger partial charge >= 0.3 is 0 Å². The topological polar surface area (TPSA) is 77.6 Å². The molecule has 7 nitrogen and oxygen atoms in total. The van der Waals surface area contributed by atoms with E-state index >= 15 is 0 Å². The Kier molecular flexibility index (Phi) is 7.31. The molecule has 10 heteroatoms. The molecule has 2 heterocycles. The zero-order valence-electron chi connectivity index (χ0n) is 19.2. The van der Waals surface area contributed by atoms with E-state index in [1.807, 2.05) is 20.1 Å². The molecule has 0 bridgehead atoms. The molecule has 1 aliphatic rings. The van der Waals surface area contributed by atoms with Gasteiger partial charge in [-0.1, -0.05) is 38.5 Å². The van der Waals surface area contributed by atoms with Gasteiger partial charge in [-0.3, -0.25) is 4.79 Å². The second kappa shape index (κ2) is 10.2. The van der Waals surface area contributed by atoms with Crippen LogP contribution in [0, 0.1) is 17.6 Å². The summed E-state index contributed by atoms with van der Waals surface area (Å²) in [4.78, 5) is 17.2. The first-order valence-corrected chi connectivity index (χ1v) is 12.7. The number of imidazole rings is 1. The maximum Gasteiger partial charge on any atom is 0.243 e. The highest BCUT2D eigenvalue weighted by Crippen LogP contribution is 2.33. The van der Waals surface area contributed by atoms with Crippen molar-refractivity contribution >= 4 is 28.7 Å². The average molecular weight is 477 g/mol. The van der Waals surface area contributed by atoms with Gasteiger partial charge in [-0.15, -0.1) is 10.2 Å². The van der Waals surface area contributed by atoms with Gasteiger partial charge in [0, 0.05) is 31.1 Å². The van der Waals surface area contributed by atoms with Crippen LogP contribution in [-0.2, 0) is 11.2 Å². The van der Waals surface area contributed by atoms with Gasteiger partial charge in [0.25, 0.3) is 0 Å². The first-order valence-electron chi connectivity index (χ1n) is 11.5. The van der Waals surface area contributed by atoms with Crippen LogP contribution in [0.4, 0.5) is 8.78 Å². The number of aromatic nitrogens is 5. The highest BCUT2D eigenvalue weighted by molar-refractivity contribution is 7.98. The third-order valence-electron chi connectivity index (χ3n) is 6.30. The number of amides is 1. The molecule has 1 aromatic carbocycles. The zero-order valence-corrected chi connectivity index (χ0v) is 20.0. The standard InChI is InChI=1S/C23H30F2N6OS/c1-14(2)21(30-13-27-18-11-16(24)17(25)12-19(18)30)22(32)26-10-6-9-20-28-29-23(33-3)31(20)15-7-4-5-8-15/h11-15,21H,4-10H2,1-3H3,(H,26,32). The van der Waals surface area contributed by atoms with Crippen molar-refractivity contribution in [3.05, 3.63) is 35.9 Å². The maximum atomic E-state index is 13.8. The van der Waals surface area contributed by atoms with E-state index in [-0.39, 0.29) is 11.8 Å². The van der Waals surface area contributed by atoms with Crippen LogP contribution in [0.1, 0.15) is 63.9 Å². The molecule has 3 aromatic rings. The van der Waals surface area contributed by atoms with Gasteiger partial charge in [0.05, 0.1) is 17.4 Å². The quantitative estimate of drug-likeness (QED) is 0.358. The minimum atomic E-state index is -0.955. The van der Waals surface area contributed by atoms with Crippen molar-refractivity contribution in [1.29, 1.82) is 0 Å². The largest absolute Gasteiger partial charge is 0.354 e. The lowest BCUT2D eigenvalue weighted by Crippen LogP contribution is -2.36. The van der Waals surface area contributed by atoms with E-state index in [0.29, 0.717) is 23.6 Å². The molecular weight excluding hydrogens is 446 g/mol. The summed E-state index contributed by atoms with van der Waals surface area (Å²) < 4.78 is 31.3. The highest BCUT2D eigenvalue weighted by Gasteiger charge is 2.27. The average Bonchev–Trinajstić information content (AvgIpc) is 3.52. The first-order chi connectivity index (χ1) is 15.9. The molecule has 1 aliphatic carbocycles. The minimum absolute atomic E-state index is 0.0647. The monoisotopic (exact) mass is 476 g/mol. The number of rotatable bonds is 9. The highest BCUT2D eigenvalue weighted by atomic mass is 32.2. The second-order valence-electron chi connectivity index (χ2n) is 8.90. The van der Waals surface area contributed by atoms with Crippen LogP contribution in [0.15, 0.2) is 23.6 Å². The molecule has 2 aromatic heterocycles. The Balaban J connectivity index is 1.41. The van der Waals surface area contributed by atoms with Gasteiger partial charge in [-0.2, -0.15) is 0 Å². The number of carbonyl (C=O) groups is 1. The normalized spacial score (nSPS) is 15.6. The zero-order chi connectivity index (χ0) is 23.5. The van der Waals surface area contributed by atoms with Crippen LogP contribution in [0.25, 0.3) is 11.0 Å². The Bertz CT molecular complexity index is 1120. The van der Waals surface area contributed by atoms with Crippen molar-refractivity contribution in [2.75, 3.05) is 12.8 Å². The van der Waals surface area contributed by atoms with Gasteiger partial charge < -0.3 is 14.5 Å². The van der Waals surface area contributed by atoms with Gasteiger partial charge in [0.2, 0.25) is 5.91 Å². The molecule has 1 amide bonds. The number of nitrogens with one attached hydrogen (secondary N) is 1. The smallest absolute Gasteiger partial charge is 0.243 e. The number of halogens is 2. The Morgan fingerprint density at radius 3 is 2.64 bits per heavy atom. The number of carbonyl (C=O) groups excluding carboxylic acids is 1. The molecule has 4 rings (SSSR count). The Morgan fingerprint density at radius 1 is 1.21 bits per heavy atom. The van der Waals surface area contributed by atoms with Crippen LogP contribution in [0.2, 0.25) is 0 Å². The Hall–Kier alpha value is -2.49. The first kappa shape index (κ1) is 23.7. The van der Waals surface area contributed by atoms with E-state index in [4.69, 9.17) is 0 Å². The summed E-state index contributed by atoms with van der Waals surface area (Å²) in [5.74, 6) is -1.17. The summed E-state index contributed by atoms with van der Waals surface area (Å²) in [6.45, 7) is 4.33. The number of fused-ring (bicyclic) bond motifs is 1. The molecule has 33 heavy (non-hydrogen) atoms. The summed E-state index contributed by atoms with van der Waals surface area (Å²) in [6, 6.07) is 2.04. The van der Waals surface area contributed by atoms with Gasteiger partial charge in [-0.05, 0) is 31.4 Å². The molecule has 178 valence electrons. The van der Waals surface area contributed by atoms with Crippen LogP contribution >= 0.6 is 11.8 Å². The third-order valence-corrected chi connectivity index (χ3v) is 6.94. The van der Waals surface area contributed by atoms with Gasteiger partial charge in [-0.25, -0.2) is 13.8 Å². The van der Waals surface area contributed by atoms with E-state index < -0.39 is 17.7 Å². The van der Waals surface area contributed by atoms with Crippen LogP contribution < -0.4 is 5.32 Å². The number of hydrogen-bond donors (Lipinski definition) is 1. The van der Waals surface area contributed by atoms with Crippen molar-refractivity contribution in [3.8, 4) is 0 Å². The molecule has 1 fully saturated rings. The van der Waals surface area contributed by atoms with Crippen LogP contribution in [-0.4, -0.2) is 43.0 Å². The van der Waals surface area contributed by atoms with Crippen molar-refractivity contribution < 1.29 is 13.6 Å². The Morgan fingerprint density at radius 2 is 1.94 bits per heavy atom. The van der Waals surface area contributed by atoms with Crippen molar-refractivity contribution in [1.82, 2.24) is 29.6 Å². The number of hydrogen-bond acceptors (Lipinski definition) is 5. The maximum absolute atomic E-state index is 13.8. The summed E-state index contributed by atoms with van der Waals surface area (Å²) in [6.07, 6.45) is 9.76. The lowest BCUT2D eigenvalue weighted by atomic mass is 10.0. The molecule has 1 unspecified atom stereocenters. The predicted octanol–water partition coefficient (Wildman–Crippen LogP) is 4.69. The molecule has 1 atom stereocenters. The molecule has 1 saturated carbocycles. The van der Waals surface area contributed by atoms with E-state index in [1.54, 1.807) is 16.3 Å². The SMILES string of the molecule is CSc1nnc(CCCNC(=O)C(C(C)C)n2cnc3cc(F)c(F)cc32)n1C1CCCC1. The lowest BCUT2D eigenvalue weighted by molar-refractivity contribution is -0.125. The molecular formula is C23H30F2N6OS. The third kappa shape index (κ3) is 4.90. The summed E-state index contributed by atoms with van der Waals surface area (Å²) in [5, 5.41) is 12.7. The van der Waals surface area contributed by atoms with E-state index in [0.717, 1.165) is 48.8 Å². The Labute approximate surface area is 196 Å². The van der Waals surface area contributed by atoms with Crippen molar-refractivity contribution in [3.63, 3.8) is 0 Å². The molecule has 0 aliphatic heterocycles. The van der Waals surface area contributed by atoms with Gasteiger partial charge in [0.15, 0.2) is 16.8 Å². The van der Waals surface area contributed by atoms with E-state index in [2.05, 4.69) is 25.1 Å².